The second-order valence-corrected chi connectivity index (χ2v) is 4.32. The van der Waals surface area contributed by atoms with Crippen molar-refractivity contribution in [1.82, 2.24) is 10.2 Å². The molecule has 1 aromatic heterocycles. The van der Waals surface area contributed by atoms with Gasteiger partial charge in [0.25, 0.3) is 0 Å². The van der Waals surface area contributed by atoms with Crippen LogP contribution in [0.15, 0.2) is 30.3 Å². The van der Waals surface area contributed by atoms with Gasteiger partial charge < -0.3 is 11.5 Å². The molecule has 0 saturated heterocycles. The van der Waals surface area contributed by atoms with Gasteiger partial charge in [-0.05, 0) is 12.0 Å². The lowest BCUT2D eigenvalue weighted by molar-refractivity contribution is 0.704. The van der Waals surface area contributed by atoms with Crippen molar-refractivity contribution in [1.29, 1.82) is 0 Å². The molecule has 78 valence electrons. The standard InChI is InChI=1S/C10H12N4S/c11-8(9-13-14-10(12)15-9)6-7-4-2-1-3-5-7/h1-5,8H,6,11H2,(H2,12,14). The lowest BCUT2D eigenvalue weighted by Gasteiger charge is -2.06. The van der Waals surface area contributed by atoms with E-state index in [1.165, 1.54) is 16.9 Å². The molecule has 0 radical (unpaired) electrons. The fourth-order valence-corrected chi connectivity index (χ4v) is 1.96. The lowest BCUT2D eigenvalue weighted by Crippen LogP contribution is -2.12. The van der Waals surface area contributed by atoms with Crippen LogP contribution in [0.2, 0.25) is 0 Å². The van der Waals surface area contributed by atoms with E-state index in [1.54, 1.807) is 0 Å². The maximum absolute atomic E-state index is 5.99. The molecule has 1 aromatic carbocycles. The third-order valence-electron chi connectivity index (χ3n) is 2.07. The van der Waals surface area contributed by atoms with Gasteiger partial charge in [-0.2, -0.15) is 0 Å². The lowest BCUT2D eigenvalue weighted by atomic mass is 10.1. The summed E-state index contributed by atoms with van der Waals surface area (Å²) in [6.07, 6.45) is 0.759. The molecule has 0 spiro atoms. The summed E-state index contributed by atoms with van der Waals surface area (Å²) in [6, 6.07) is 9.95. The van der Waals surface area contributed by atoms with Gasteiger partial charge in [-0.3, -0.25) is 0 Å². The maximum Gasteiger partial charge on any atom is 0.203 e. The SMILES string of the molecule is Nc1nnc(C(N)Cc2ccccc2)s1. The quantitative estimate of drug-likeness (QED) is 0.818. The van der Waals surface area contributed by atoms with Crippen LogP contribution >= 0.6 is 11.3 Å². The van der Waals surface area contributed by atoms with Crippen molar-refractivity contribution in [3.8, 4) is 0 Å². The Kier molecular flexibility index (Phi) is 2.94. The van der Waals surface area contributed by atoms with Gasteiger partial charge in [0.2, 0.25) is 5.13 Å². The van der Waals surface area contributed by atoms with E-state index in [4.69, 9.17) is 11.5 Å². The van der Waals surface area contributed by atoms with E-state index in [0.717, 1.165) is 11.4 Å². The Morgan fingerprint density at radius 1 is 1.20 bits per heavy atom. The van der Waals surface area contributed by atoms with Gasteiger partial charge >= 0.3 is 0 Å². The number of hydrogen-bond acceptors (Lipinski definition) is 5. The first-order chi connectivity index (χ1) is 7.25. The Balaban J connectivity index is 2.07. The van der Waals surface area contributed by atoms with Crippen LogP contribution in [0.25, 0.3) is 0 Å². The molecule has 15 heavy (non-hydrogen) atoms. The van der Waals surface area contributed by atoms with Gasteiger partial charge in [0.1, 0.15) is 5.01 Å². The molecule has 4 N–H and O–H groups in total. The number of nitrogens with zero attached hydrogens (tertiary/aromatic N) is 2. The summed E-state index contributed by atoms with van der Waals surface area (Å²) in [5.74, 6) is 0. The molecule has 1 unspecified atom stereocenters. The Morgan fingerprint density at radius 3 is 2.53 bits per heavy atom. The number of benzene rings is 1. The highest BCUT2D eigenvalue weighted by Crippen LogP contribution is 2.20. The molecule has 0 aliphatic carbocycles. The molecular formula is C10H12N4S. The van der Waals surface area contributed by atoms with E-state index in [2.05, 4.69) is 10.2 Å². The van der Waals surface area contributed by atoms with Crippen molar-refractivity contribution < 1.29 is 0 Å². The van der Waals surface area contributed by atoms with Gasteiger partial charge in [0.15, 0.2) is 0 Å². The third kappa shape index (κ3) is 2.51. The summed E-state index contributed by atoms with van der Waals surface area (Å²) >= 11 is 1.35. The summed E-state index contributed by atoms with van der Waals surface area (Å²) in [5, 5.41) is 8.93. The molecule has 1 heterocycles. The fourth-order valence-electron chi connectivity index (χ4n) is 1.35. The topological polar surface area (TPSA) is 77.8 Å². The van der Waals surface area contributed by atoms with Crippen LogP contribution in [0.1, 0.15) is 16.6 Å². The summed E-state index contributed by atoms with van der Waals surface area (Å²) in [4.78, 5) is 0. The third-order valence-corrected chi connectivity index (χ3v) is 2.96. The van der Waals surface area contributed by atoms with Crippen LogP contribution in [-0.2, 0) is 6.42 Å². The van der Waals surface area contributed by atoms with Crippen LogP contribution in [-0.4, -0.2) is 10.2 Å². The molecular weight excluding hydrogens is 208 g/mol. The molecule has 4 nitrogen and oxygen atoms in total. The largest absolute Gasteiger partial charge is 0.374 e. The first-order valence-electron chi connectivity index (χ1n) is 4.64. The minimum absolute atomic E-state index is 0.123. The van der Waals surface area contributed by atoms with Crippen LogP contribution in [0.5, 0.6) is 0 Å². The van der Waals surface area contributed by atoms with Crippen molar-refractivity contribution in [2.24, 2.45) is 5.73 Å². The molecule has 0 amide bonds. The van der Waals surface area contributed by atoms with Crippen LogP contribution in [0.3, 0.4) is 0 Å². The van der Waals surface area contributed by atoms with Gasteiger partial charge in [-0.25, -0.2) is 0 Å². The Labute approximate surface area is 91.9 Å². The highest BCUT2D eigenvalue weighted by molar-refractivity contribution is 7.15. The van der Waals surface area contributed by atoms with Crippen LogP contribution in [0, 0.1) is 0 Å². The van der Waals surface area contributed by atoms with Gasteiger partial charge in [0.05, 0.1) is 6.04 Å². The minimum Gasteiger partial charge on any atom is -0.374 e. The number of nitrogen functional groups attached to an aromatic ring is 1. The monoisotopic (exact) mass is 220 g/mol. The van der Waals surface area contributed by atoms with E-state index in [1.807, 2.05) is 30.3 Å². The molecule has 0 aliphatic rings. The van der Waals surface area contributed by atoms with Crippen molar-refractivity contribution in [3.05, 3.63) is 40.9 Å². The van der Waals surface area contributed by atoms with E-state index in [-0.39, 0.29) is 6.04 Å². The molecule has 1 atom stereocenters. The normalized spacial score (nSPS) is 12.6. The fraction of sp³-hybridized carbons (Fsp3) is 0.200. The molecule has 0 bridgehead atoms. The predicted molar refractivity (Wildman–Crippen MR) is 61.4 cm³/mol. The Bertz CT molecular complexity index is 426. The number of hydrogen-bond donors (Lipinski definition) is 2. The minimum atomic E-state index is -0.123. The van der Waals surface area contributed by atoms with Crippen LogP contribution in [0.4, 0.5) is 5.13 Å². The molecule has 2 rings (SSSR count). The van der Waals surface area contributed by atoms with E-state index in [9.17, 15) is 0 Å². The number of rotatable bonds is 3. The van der Waals surface area contributed by atoms with Gasteiger partial charge in [-0.15, -0.1) is 10.2 Å². The first kappa shape index (κ1) is 10.1. The van der Waals surface area contributed by atoms with Crippen molar-refractivity contribution in [3.63, 3.8) is 0 Å². The summed E-state index contributed by atoms with van der Waals surface area (Å²) in [5.41, 5.74) is 12.7. The number of aromatic nitrogens is 2. The molecule has 0 saturated carbocycles. The average molecular weight is 220 g/mol. The van der Waals surface area contributed by atoms with E-state index < -0.39 is 0 Å². The molecule has 5 heteroatoms. The molecule has 0 aliphatic heterocycles. The first-order valence-corrected chi connectivity index (χ1v) is 5.46. The smallest absolute Gasteiger partial charge is 0.203 e. The van der Waals surface area contributed by atoms with Gasteiger partial charge in [0, 0.05) is 0 Å². The predicted octanol–water partition coefficient (Wildman–Crippen LogP) is 1.36. The molecule has 2 aromatic rings. The second-order valence-electron chi connectivity index (χ2n) is 3.27. The Morgan fingerprint density at radius 2 is 1.93 bits per heavy atom. The number of anilines is 1. The maximum atomic E-state index is 5.99. The van der Waals surface area contributed by atoms with Gasteiger partial charge in [-0.1, -0.05) is 41.7 Å². The number of nitrogens with two attached hydrogens (primary N) is 2. The van der Waals surface area contributed by atoms with E-state index >= 15 is 0 Å². The zero-order valence-electron chi connectivity index (χ0n) is 8.13. The highest BCUT2D eigenvalue weighted by Gasteiger charge is 2.11. The van der Waals surface area contributed by atoms with Crippen LogP contribution < -0.4 is 11.5 Å². The Hall–Kier alpha value is -1.46. The zero-order valence-corrected chi connectivity index (χ0v) is 8.95. The molecule has 0 fully saturated rings. The summed E-state index contributed by atoms with van der Waals surface area (Å²) < 4.78 is 0. The zero-order chi connectivity index (χ0) is 10.7. The summed E-state index contributed by atoms with van der Waals surface area (Å²) in [7, 11) is 0. The highest BCUT2D eigenvalue weighted by atomic mass is 32.1. The second kappa shape index (κ2) is 4.37. The average Bonchev–Trinajstić information content (AvgIpc) is 2.66. The van der Waals surface area contributed by atoms with Crippen molar-refractivity contribution >= 4 is 16.5 Å². The van der Waals surface area contributed by atoms with Crippen molar-refractivity contribution in [2.75, 3.05) is 5.73 Å². The van der Waals surface area contributed by atoms with Crippen molar-refractivity contribution in [2.45, 2.75) is 12.5 Å². The van der Waals surface area contributed by atoms with E-state index in [0.29, 0.717) is 5.13 Å². The summed E-state index contributed by atoms with van der Waals surface area (Å²) in [6.45, 7) is 0.